The van der Waals surface area contributed by atoms with Gasteiger partial charge in [0.25, 0.3) is 5.91 Å². The lowest BCUT2D eigenvalue weighted by Crippen LogP contribution is -2.15. The average molecular weight is 343 g/mol. The van der Waals surface area contributed by atoms with Crippen LogP contribution in [0.2, 0.25) is 0 Å². The van der Waals surface area contributed by atoms with Crippen molar-refractivity contribution < 1.29 is 19.0 Å². The molecule has 0 aliphatic carbocycles. The Hall–Kier alpha value is -2.69. The van der Waals surface area contributed by atoms with Crippen LogP contribution in [0.5, 0.6) is 17.2 Å². The normalized spacial score (nSPS) is 10.4. The molecule has 5 heteroatoms. The van der Waals surface area contributed by atoms with Crippen molar-refractivity contribution in [2.45, 2.75) is 20.3 Å². The fourth-order valence-corrected chi connectivity index (χ4v) is 2.29. The van der Waals surface area contributed by atoms with E-state index in [4.69, 9.17) is 14.2 Å². The van der Waals surface area contributed by atoms with Crippen LogP contribution in [0.15, 0.2) is 42.5 Å². The van der Waals surface area contributed by atoms with Crippen LogP contribution in [0.3, 0.4) is 0 Å². The molecule has 0 spiro atoms. The van der Waals surface area contributed by atoms with Crippen molar-refractivity contribution in [1.29, 1.82) is 0 Å². The fourth-order valence-electron chi connectivity index (χ4n) is 2.29. The number of rotatable bonds is 8. The molecule has 134 valence electrons. The van der Waals surface area contributed by atoms with Crippen LogP contribution in [0, 0.1) is 5.92 Å². The van der Waals surface area contributed by atoms with Crippen molar-refractivity contribution in [2.75, 3.05) is 26.1 Å². The van der Waals surface area contributed by atoms with Crippen molar-refractivity contribution in [2.24, 2.45) is 5.92 Å². The molecular formula is C20H25NO4. The molecule has 0 aliphatic heterocycles. The van der Waals surface area contributed by atoms with Gasteiger partial charge < -0.3 is 19.5 Å². The first-order chi connectivity index (χ1) is 12.0. The van der Waals surface area contributed by atoms with E-state index < -0.39 is 0 Å². The maximum atomic E-state index is 12.7. The SMILES string of the molecule is COc1ccc(OC)c(NC(=O)c2ccccc2OCCC(C)C)c1. The third-order valence-electron chi connectivity index (χ3n) is 3.74. The second kappa shape index (κ2) is 8.97. The molecule has 2 aromatic rings. The third-order valence-corrected chi connectivity index (χ3v) is 3.74. The number of carbonyl (C=O) groups is 1. The highest BCUT2D eigenvalue weighted by molar-refractivity contribution is 6.07. The molecule has 0 radical (unpaired) electrons. The van der Waals surface area contributed by atoms with Gasteiger partial charge in [0.05, 0.1) is 32.1 Å². The fraction of sp³-hybridized carbons (Fsp3) is 0.350. The Morgan fingerprint density at radius 1 is 1.04 bits per heavy atom. The number of amides is 1. The lowest BCUT2D eigenvalue weighted by Gasteiger charge is -2.14. The minimum atomic E-state index is -0.258. The minimum absolute atomic E-state index is 0.258. The summed E-state index contributed by atoms with van der Waals surface area (Å²) >= 11 is 0. The number of hydrogen-bond acceptors (Lipinski definition) is 4. The molecule has 0 saturated heterocycles. The Kier molecular flexibility index (Phi) is 6.69. The van der Waals surface area contributed by atoms with Gasteiger partial charge in [-0.15, -0.1) is 0 Å². The average Bonchev–Trinajstić information content (AvgIpc) is 2.61. The second-order valence-electron chi connectivity index (χ2n) is 6.05. The zero-order valence-electron chi connectivity index (χ0n) is 15.2. The zero-order chi connectivity index (χ0) is 18.2. The van der Waals surface area contributed by atoms with E-state index in [-0.39, 0.29) is 5.91 Å². The maximum absolute atomic E-state index is 12.7. The van der Waals surface area contributed by atoms with Crippen molar-refractivity contribution in [3.05, 3.63) is 48.0 Å². The highest BCUT2D eigenvalue weighted by atomic mass is 16.5. The van der Waals surface area contributed by atoms with Crippen LogP contribution in [0.4, 0.5) is 5.69 Å². The predicted molar refractivity (Wildman–Crippen MR) is 98.9 cm³/mol. The summed E-state index contributed by atoms with van der Waals surface area (Å²) in [6.45, 7) is 4.85. The van der Waals surface area contributed by atoms with E-state index in [1.54, 1.807) is 44.6 Å². The largest absolute Gasteiger partial charge is 0.497 e. The van der Waals surface area contributed by atoms with E-state index in [1.165, 1.54) is 0 Å². The molecule has 0 fully saturated rings. The summed E-state index contributed by atoms with van der Waals surface area (Å²) < 4.78 is 16.3. The molecule has 0 bridgehead atoms. The monoisotopic (exact) mass is 343 g/mol. The molecule has 0 atom stereocenters. The zero-order valence-corrected chi connectivity index (χ0v) is 15.2. The smallest absolute Gasteiger partial charge is 0.259 e. The van der Waals surface area contributed by atoms with Crippen LogP contribution in [-0.2, 0) is 0 Å². The minimum Gasteiger partial charge on any atom is -0.497 e. The third kappa shape index (κ3) is 5.14. The van der Waals surface area contributed by atoms with E-state index in [2.05, 4.69) is 19.2 Å². The number of para-hydroxylation sites is 1. The first-order valence-electron chi connectivity index (χ1n) is 8.30. The van der Waals surface area contributed by atoms with Gasteiger partial charge in [-0.05, 0) is 36.6 Å². The first-order valence-corrected chi connectivity index (χ1v) is 8.30. The van der Waals surface area contributed by atoms with Crippen LogP contribution < -0.4 is 19.5 Å². The number of anilines is 1. The first kappa shape index (κ1) is 18.6. The summed E-state index contributed by atoms with van der Waals surface area (Å²) in [6, 6.07) is 12.5. The van der Waals surface area contributed by atoms with Gasteiger partial charge in [0.1, 0.15) is 17.2 Å². The van der Waals surface area contributed by atoms with Gasteiger partial charge in [-0.2, -0.15) is 0 Å². The van der Waals surface area contributed by atoms with E-state index in [0.717, 1.165) is 6.42 Å². The van der Waals surface area contributed by atoms with Crippen molar-refractivity contribution >= 4 is 11.6 Å². The molecule has 1 N–H and O–H groups in total. The van der Waals surface area contributed by atoms with Gasteiger partial charge in [0.2, 0.25) is 0 Å². The lowest BCUT2D eigenvalue weighted by atomic mass is 10.1. The molecule has 2 rings (SSSR count). The summed E-state index contributed by atoms with van der Waals surface area (Å²) in [6.07, 6.45) is 0.930. The molecule has 1 amide bonds. The van der Waals surface area contributed by atoms with Crippen molar-refractivity contribution in [3.63, 3.8) is 0 Å². The number of methoxy groups -OCH3 is 2. The molecule has 0 unspecified atom stereocenters. The highest BCUT2D eigenvalue weighted by Crippen LogP contribution is 2.30. The van der Waals surface area contributed by atoms with Gasteiger partial charge in [0, 0.05) is 6.07 Å². The molecule has 0 aliphatic rings. The summed E-state index contributed by atoms with van der Waals surface area (Å²) in [5, 5.41) is 2.87. The van der Waals surface area contributed by atoms with E-state index >= 15 is 0 Å². The maximum Gasteiger partial charge on any atom is 0.259 e. The van der Waals surface area contributed by atoms with Crippen LogP contribution in [0.25, 0.3) is 0 Å². The van der Waals surface area contributed by atoms with Crippen LogP contribution in [0.1, 0.15) is 30.6 Å². The number of nitrogens with one attached hydrogen (secondary N) is 1. The van der Waals surface area contributed by atoms with E-state index in [1.807, 2.05) is 12.1 Å². The topological polar surface area (TPSA) is 56.8 Å². The van der Waals surface area contributed by atoms with Gasteiger partial charge in [-0.25, -0.2) is 0 Å². The molecule has 0 aromatic heterocycles. The summed E-state index contributed by atoms with van der Waals surface area (Å²) in [7, 11) is 3.13. The Morgan fingerprint density at radius 3 is 2.48 bits per heavy atom. The van der Waals surface area contributed by atoms with Crippen LogP contribution in [-0.4, -0.2) is 26.7 Å². The molecule has 5 nitrogen and oxygen atoms in total. The molecular weight excluding hydrogens is 318 g/mol. The van der Waals surface area contributed by atoms with Crippen molar-refractivity contribution in [3.8, 4) is 17.2 Å². The second-order valence-corrected chi connectivity index (χ2v) is 6.05. The lowest BCUT2D eigenvalue weighted by molar-refractivity contribution is 0.102. The van der Waals surface area contributed by atoms with Crippen molar-refractivity contribution in [1.82, 2.24) is 0 Å². The van der Waals surface area contributed by atoms with E-state index in [9.17, 15) is 4.79 Å². The summed E-state index contributed by atoms with van der Waals surface area (Å²) in [4.78, 5) is 12.7. The number of ether oxygens (including phenoxy) is 3. The summed E-state index contributed by atoms with van der Waals surface area (Å²) in [5.74, 6) is 2.06. The van der Waals surface area contributed by atoms with E-state index in [0.29, 0.717) is 41.0 Å². The standard InChI is InChI=1S/C20H25NO4/c1-14(2)11-12-25-18-8-6-5-7-16(18)20(22)21-17-13-15(23-3)9-10-19(17)24-4/h5-10,13-14H,11-12H2,1-4H3,(H,21,22). The Bertz CT molecular complexity index is 713. The molecule has 25 heavy (non-hydrogen) atoms. The number of carbonyl (C=O) groups excluding carboxylic acids is 1. The molecule has 0 saturated carbocycles. The number of hydrogen-bond donors (Lipinski definition) is 1. The van der Waals surface area contributed by atoms with Gasteiger partial charge in [-0.3, -0.25) is 4.79 Å². The van der Waals surface area contributed by atoms with Gasteiger partial charge in [0.15, 0.2) is 0 Å². The quantitative estimate of drug-likeness (QED) is 0.773. The van der Waals surface area contributed by atoms with Gasteiger partial charge in [-0.1, -0.05) is 26.0 Å². The Balaban J connectivity index is 2.18. The summed E-state index contributed by atoms with van der Waals surface area (Å²) in [5.41, 5.74) is 1.03. The van der Waals surface area contributed by atoms with Crippen LogP contribution >= 0.6 is 0 Å². The highest BCUT2D eigenvalue weighted by Gasteiger charge is 2.15. The molecule has 0 heterocycles. The Morgan fingerprint density at radius 2 is 1.80 bits per heavy atom. The predicted octanol–water partition coefficient (Wildman–Crippen LogP) is 4.38. The molecule has 2 aromatic carbocycles. The Labute approximate surface area is 148 Å². The number of benzene rings is 2. The van der Waals surface area contributed by atoms with Gasteiger partial charge >= 0.3 is 0 Å².